The smallest absolute Gasteiger partial charge is 0.262 e. The lowest BCUT2D eigenvalue weighted by Crippen LogP contribution is -2.25. The van der Waals surface area contributed by atoms with Gasteiger partial charge in [0.15, 0.2) is 0 Å². The maximum Gasteiger partial charge on any atom is 0.262 e. The van der Waals surface area contributed by atoms with Crippen LogP contribution in [0.15, 0.2) is 29.1 Å². The Morgan fingerprint density at radius 2 is 2.10 bits per heavy atom. The molecule has 3 N–H and O–H groups in total. The molecule has 2 aromatic rings. The molecular weight excluding hydrogens is 261 g/mol. The number of aromatic hydroxyl groups is 1. The molecule has 1 aromatic carbocycles. The lowest BCUT2D eigenvalue weighted by atomic mass is 10.1. The third-order valence-electron chi connectivity index (χ3n) is 2.77. The van der Waals surface area contributed by atoms with Crippen LogP contribution in [0.25, 0.3) is 11.1 Å². The van der Waals surface area contributed by atoms with Crippen molar-refractivity contribution in [3.63, 3.8) is 0 Å². The number of aromatic nitrogens is 2. The second-order valence-electron chi connectivity index (χ2n) is 4.73. The van der Waals surface area contributed by atoms with Crippen LogP contribution in [0.5, 0.6) is 5.88 Å². The Balaban J connectivity index is 2.42. The van der Waals surface area contributed by atoms with Gasteiger partial charge in [0.05, 0.1) is 6.54 Å². The average Bonchev–Trinajstić information content (AvgIpc) is 2.38. The molecule has 0 unspecified atom stereocenters. The van der Waals surface area contributed by atoms with E-state index >= 15 is 0 Å². The van der Waals surface area contributed by atoms with E-state index in [9.17, 15) is 14.3 Å². The highest BCUT2D eigenvalue weighted by Gasteiger charge is 2.16. The van der Waals surface area contributed by atoms with E-state index < -0.39 is 17.3 Å². The quantitative estimate of drug-likeness (QED) is 0.796. The Morgan fingerprint density at radius 3 is 2.70 bits per heavy atom. The van der Waals surface area contributed by atoms with E-state index in [0.717, 1.165) is 0 Å². The van der Waals surface area contributed by atoms with Gasteiger partial charge in [-0.15, -0.1) is 0 Å². The predicted molar refractivity (Wildman–Crippen MR) is 73.9 cm³/mol. The van der Waals surface area contributed by atoms with Crippen LogP contribution in [0.2, 0.25) is 0 Å². The maximum absolute atomic E-state index is 13.7. The topological polar surface area (TPSA) is 78.0 Å². The van der Waals surface area contributed by atoms with Crippen molar-refractivity contribution in [3.05, 3.63) is 46.3 Å². The molecule has 0 aliphatic carbocycles. The summed E-state index contributed by atoms with van der Waals surface area (Å²) in [6, 6.07) is 5.97. The fourth-order valence-electron chi connectivity index (χ4n) is 1.80. The molecule has 0 amide bonds. The van der Waals surface area contributed by atoms with Crippen molar-refractivity contribution in [2.45, 2.75) is 26.4 Å². The summed E-state index contributed by atoms with van der Waals surface area (Å²) < 4.78 is 13.7. The maximum atomic E-state index is 13.7. The van der Waals surface area contributed by atoms with Crippen molar-refractivity contribution in [2.24, 2.45) is 0 Å². The van der Waals surface area contributed by atoms with E-state index in [4.69, 9.17) is 0 Å². The normalized spacial score (nSPS) is 11.0. The van der Waals surface area contributed by atoms with Gasteiger partial charge in [0, 0.05) is 11.6 Å². The Labute approximate surface area is 115 Å². The molecule has 5 nitrogen and oxygen atoms in total. The third kappa shape index (κ3) is 3.03. The SMILES string of the molecule is CC(C)NCc1nc(O)c(-c2ccccc2F)c(=O)[nH]1. The van der Waals surface area contributed by atoms with Gasteiger partial charge >= 0.3 is 0 Å². The second-order valence-corrected chi connectivity index (χ2v) is 4.73. The van der Waals surface area contributed by atoms with Gasteiger partial charge in [0.2, 0.25) is 5.88 Å². The fraction of sp³-hybridized carbons (Fsp3) is 0.286. The van der Waals surface area contributed by atoms with Crippen molar-refractivity contribution in [3.8, 4) is 17.0 Å². The summed E-state index contributed by atoms with van der Waals surface area (Å²) in [7, 11) is 0. The van der Waals surface area contributed by atoms with E-state index in [-0.39, 0.29) is 17.2 Å². The van der Waals surface area contributed by atoms with Gasteiger partial charge in [-0.1, -0.05) is 32.0 Å². The number of rotatable bonds is 4. The van der Waals surface area contributed by atoms with Gasteiger partial charge in [-0.3, -0.25) is 4.79 Å². The van der Waals surface area contributed by atoms with Crippen LogP contribution in [-0.2, 0) is 6.54 Å². The van der Waals surface area contributed by atoms with Crippen molar-refractivity contribution in [1.82, 2.24) is 15.3 Å². The molecule has 0 saturated heterocycles. The number of nitrogens with zero attached hydrogens (tertiary/aromatic N) is 1. The average molecular weight is 277 g/mol. The van der Waals surface area contributed by atoms with Crippen molar-refractivity contribution in [1.29, 1.82) is 0 Å². The van der Waals surface area contributed by atoms with Gasteiger partial charge in [-0.05, 0) is 6.07 Å². The van der Waals surface area contributed by atoms with Gasteiger partial charge < -0.3 is 15.4 Å². The minimum Gasteiger partial charge on any atom is -0.493 e. The fourth-order valence-corrected chi connectivity index (χ4v) is 1.80. The Kier molecular flexibility index (Phi) is 4.14. The molecule has 2 rings (SSSR count). The molecule has 0 aliphatic heterocycles. The van der Waals surface area contributed by atoms with E-state index in [0.29, 0.717) is 12.4 Å². The van der Waals surface area contributed by atoms with E-state index in [1.165, 1.54) is 18.2 Å². The lowest BCUT2D eigenvalue weighted by Gasteiger charge is -2.09. The van der Waals surface area contributed by atoms with Gasteiger partial charge in [-0.25, -0.2) is 4.39 Å². The van der Waals surface area contributed by atoms with Crippen molar-refractivity contribution in [2.75, 3.05) is 0 Å². The molecule has 6 heteroatoms. The number of hydrogen-bond acceptors (Lipinski definition) is 4. The number of nitrogens with one attached hydrogen (secondary N) is 2. The largest absolute Gasteiger partial charge is 0.493 e. The third-order valence-corrected chi connectivity index (χ3v) is 2.77. The molecule has 0 saturated carbocycles. The number of H-pyrrole nitrogens is 1. The lowest BCUT2D eigenvalue weighted by molar-refractivity contribution is 0.446. The minimum absolute atomic E-state index is 0.0297. The standard InChI is InChI=1S/C14H16FN3O2/c1-8(2)16-7-11-17-13(19)12(14(20)18-11)9-5-3-4-6-10(9)15/h3-6,8,16H,7H2,1-2H3,(H2,17,18,19,20). The molecule has 0 fully saturated rings. The van der Waals surface area contributed by atoms with E-state index in [1.807, 2.05) is 13.8 Å². The monoisotopic (exact) mass is 277 g/mol. The highest BCUT2D eigenvalue weighted by atomic mass is 19.1. The summed E-state index contributed by atoms with van der Waals surface area (Å²) in [4.78, 5) is 18.4. The van der Waals surface area contributed by atoms with Gasteiger partial charge in [0.25, 0.3) is 5.56 Å². The first-order valence-corrected chi connectivity index (χ1v) is 6.29. The zero-order chi connectivity index (χ0) is 14.7. The molecule has 0 radical (unpaired) electrons. The second kappa shape index (κ2) is 5.83. The van der Waals surface area contributed by atoms with Crippen LogP contribution in [0.1, 0.15) is 19.7 Å². The predicted octanol–water partition coefficient (Wildman–Crippen LogP) is 1.78. The van der Waals surface area contributed by atoms with Crippen LogP contribution in [0.4, 0.5) is 4.39 Å². The first kappa shape index (κ1) is 14.2. The number of halogens is 1. The molecule has 1 aromatic heterocycles. The van der Waals surface area contributed by atoms with Crippen LogP contribution in [-0.4, -0.2) is 21.1 Å². The van der Waals surface area contributed by atoms with Crippen LogP contribution < -0.4 is 10.9 Å². The Hall–Kier alpha value is -2.21. The van der Waals surface area contributed by atoms with Gasteiger partial charge in [0.1, 0.15) is 17.2 Å². The van der Waals surface area contributed by atoms with Crippen molar-refractivity contribution >= 4 is 0 Å². The number of benzene rings is 1. The first-order chi connectivity index (χ1) is 9.49. The van der Waals surface area contributed by atoms with Crippen molar-refractivity contribution < 1.29 is 9.50 Å². The summed E-state index contributed by atoms with van der Waals surface area (Å²) in [5.41, 5.74) is -0.693. The molecule has 1 heterocycles. The van der Waals surface area contributed by atoms with Gasteiger partial charge in [-0.2, -0.15) is 4.98 Å². The van der Waals surface area contributed by atoms with Crippen LogP contribution >= 0.6 is 0 Å². The molecule has 20 heavy (non-hydrogen) atoms. The highest BCUT2D eigenvalue weighted by Crippen LogP contribution is 2.25. The number of hydrogen-bond donors (Lipinski definition) is 3. The molecular formula is C14H16FN3O2. The molecule has 0 atom stereocenters. The summed E-state index contributed by atoms with van der Waals surface area (Å²) in [5, 5.41) is 13.0. The summed E-state index contributed by atoms with van der Waals surface area (Å²) in [6.07, 6.45) is 0. The first-order valence-electron chi connectivity index (χ1n) is 6.29. The Bertz CT molecular complexity index is 668. The van der Waals surface area contributed by atoms with Crippen LogP contribution in [0, 0.1) is 5.82 Å². The van der Waals surface area contributed by atoms with Crippen LogP contribution in [0.3, 0.4) is 0 Å². The van der Waals surface area contributed by atoms with E-state index in [1.54, 1.807) is 6.07 Å². The highest BCUT2D eigenvalue weighted by molar-refractivity contribution is 5.67. The zero-order valence-electron chi connectivity index (χ0n) is 11.3. The zero-order valence-corrected chi connectivity index (χ0v) is 11.3. The molecule has 0 spiro atoms. The Morgan fingerprint density at radius 1 is 1.40 bits per heavy atom. The molecule has 106 valence electrons. The molecule has 0 bridgehead atoms. The molecule has 0 aliphatic rings. The minimum atomic E-state index is -0.580. The summed E-state index contributed by atoms with van der Waals surface area (Å²) >= 11 is 0. The summed E-state index contributed by atoms with van der Waals surface area (Å²) in [6.45, 7) is 4.22. The summed E-state index contributed by atoms with van der Waals surface area (Å²) in [5.74, 6) is -0.746. The van der Waals surface area contributed by atoms with E-state index in [2.05, 4.69) is 15.3 Å². The number of aromatic amines is 1.